The van der Waals surface area contributed by atoms with E-state index in [9.17, 15) is 4.79 Å². The normalized spacial score (nSPS) is 10.7. The van der Waals surface area contributed by atoms with E-state index in [4.69, 9.17) is 4.74 Å². The van der Waals surface area contributed by atoms with Crippen molar-refractivity contribution in [1.82, 2.24) is 15.0 Å². The summed E-state index contributed by atoms with van der Waals surface area (Å²) in [6.45, 7) is 0. The number of hydrogen-bond donors (Lipinski definition) is 1. The fourth-order valence-electron chi connectivity index (χ4n) is 3.07. The summed E-state index contributed by atoms with van der Waals surface area (Å²) < 4.78 is 6.11. The van der Waals surface area contributed by atoms with Crippen molar-refractivity contribution in [1.29, 1.82) is 0 Å². The van der Waals surface area contributed by atoms with Crippen molar-refractivity contribution in [3.63, 3.8) is 0 Å². The highest BCUT2D eigenvalue weighted by Gasteiger charge is 2.12. The summed E-state index contributed by atoms with van der Waals surface area (Å²) in [5, 5.41) is 7.38. The Morgan fingerprint density at radius 2 is 1.71 bits per heavy atom. The molecule has 0 fully saturated rings. The van der Waals surface area contributed by atoms with E-state index in [-0.39, 0.29) is 5.91 Å². The number of nitrogens with one attached hydrogen (secondary N) is 1. The van der Waals surface area contributed by atoms with Gasteiger partial charge in [-0.25, -0.2) is 4.98 Å². The van der Waals surface area contributed by atoms with Crippen LogP contribution in [0.15, 0.2) is 89.9 Å². The SMILES string of the molecule is O=C(Nc1ccc(Oc2nc(-c3ccncc3)nc3ccccc23)cc1)c1ccsc1. The summed E-state index contributed by atoms with van der Waals surface area (Å²) in [6.07, 6.45) is 3.41. The predicted molar refractivity (Wildman–Crippen MR) is 122 cm³/mol. The van der Waals surface area contributed by atoms with Gasteiger partial charge in [0.15, 0.2) is 5.82 Å². The number of benzene rings is 2. The first-order chi connectivity index (χ1) is 15.3. The number of aromatic nitrogens is 3. The largest absolute Gasteiger partial charge is 0.438 e. The molecule has 31 heavy (non-hydrogen) atoms. The zero-order chi connectivity index (χ0) is 21.0. The van der Waals surface area contributed by atoms with E-state index in [0.717, 1.165) is 16.5 Å². The highest BCUT2D eigenvalue weighted by Crippen LogP contribution is 2.30. The standard InChI is InChI=1S/C24H16N4O2S/c29-23(17-11-14-31-15-17)26-18-5-7-19(8-6-18)30-24-20-3-1-2-4-21(20)27-22(28-24)16-9-12-25-13-10-16/h1-15H,(H,26,29). The van der Waals surface area contributed by atoms with Crippen LogP contribution in [0.5, 0.6) is 11.6 Å². The van der Waals surface area contributed by atoms with Crippen molar-refractivity contribution in [2.45, 2.75) is 0 Å². The van der Waals surface area contributed by atoms with Crippen LogP contribution in [0.2, 0.25) is 0 Å². The smallest absolute Gasteiger partial charge is 0.256 e. The summed E-state index contributed by atoms with van der Waals surface area (Å²) >= 11 is 1.49. The molecule has 0 aliphatic carbocycles. The molecule has 0 unspecified atom stereocenters. The first kappa shape index (κ1) is 18.9. The Morgan fingerprint density at radius 1 is 0.903 bits per heavy atom. The van der Waals surface area contributed by atoms with Crippen molar-refractivity contribution >= 4 is 33.8 Å². The number of carbonyl (C=O) groups excluding carboxylic acids is 1. The number of para-hydroxylation sites is 1. The number of rotatable bonds is 5. The second-order valence-corrected chi connectivity index (χ2v) is 7.48. The van der Waals surface area contributed by atoms with Crippen molar-refractivity contribution in [2.75, 3.05) is 5.32 Å². The Bertz CT molecular complexity index is 1340. The van der Waals surface area contributed by atoms with E-state index in [1.807, 2.05) is 47.2 Å². The predicted octanol–water partition coefficient (Wildman–Crippen LogP) is 5.80. The lowest BCUT2D eigenvalue weighted by Gasteiger charge is -2.11. The van der Waals surface area contributed by atoms with Crippen LogP contribution in [-0.4, -0.2) is 20.9 Å². The van der Waals surface area contributed by atoms with Crippen molar-refractivity contribution < 1.29 is 9.53 Å². The van der Waals surface area contributed by atoms with Crippen molar-refractivity contribution in [3.8, 4) is 23.0 Å². The Hall–Kier alpha value is -4.10. The van der Waals surface area contributed by atoms with Crippen molar-refractivity contribution in [3.05, 3.63) is 95.4 Å². The van der Waals surface area contributed by atoms with Gasteiger partial charge in [-0.15, -0.1) is 0 Å². The molecule has 0 radical (unpaired) electrons. The second-order valence-electron chi connectivity index (χ2n) is 6.70. The molecule has 5 rings (SSSR count). The van der Waals surface area contributed by atoms with Gasteiger partial charge < -0.3 is 10.1 Å². The number of hydrogen-bond acceptors (Lipinski definition) is 6. The minimum absolute atomic E-state index is 0.140. The monoisotopic (exact) mass is 424 g/mol. The number of pyridine rings is 1. The van der Waals surface area contributed by atoms with Gasteiger partial charge in [-0.1, -0.05) is 12.1 Å². The number of thiophene rings is 1. The molecule has 3 aromatic heterocycles. The van der Waals surface area contributed by atoms with Crippen LogP contribution >= 0.6 is 11.3 Å². The molecule has 0 saturated carbocycles. The Kier molecular flexibility index (Phi) is 5.08. The third kappa shape index (κ3) is 4.12. The van der Waals surface area contributed by atoms with Crippen LogP contribution in [0, 0.1) is 0 Å². The van der Waals surface area contributed by atoms with Gasteiger partial charge in [0.2, 0.25) is 5.88 Å². The molecule has 5 aromatic rings. The Morgan fingerprint density at radius 3 is 2.48 bits per heavy atom. The summed E-state index contributed by atoms with van der Waals surface area (Å²) in [5.74, 6) is 1.50. The molecule has 0 saturated heterocycles. The summed E-state index contributed by atoms with van der Waals surface area (Å²) in [6, 6.07) is 20.4. The summed E-state index contributed by atoms with van der Waals surface area (Å²) in [7, 11) is 0. The number of ether oxygens (including phenoxy) is 1. The van der Waals surface area contributed by atoms with Gasteiger partial charge in [-0.2, -0.15) is 16.3 Å². The molecular formula is C24H16N4O2S. The molecule has 6 nitrogen and oxygen atoms in total. The minimum Gasteiger partial charge on any atom is -0.438 e. The molecule has 150 valence electrons. The molecule has 7 heteroatoms. The van der Waals surface area contributed by atoms with Crippen molar-refractivity contribution in [2.24, 2.45) is 0 Å². The van der Waals surface area contributed by atoms with Gasteiger partial charge in [-0.3, -0.25) is 9.78 Å². The summed E-state index contributed by atoms with van der Waals surface area (Å²) in [4.78, 5) is 25.6. The highest BCUT2D eigenvalue weighted by molar-refractivity contribution is 7.08. The van der Waals surface area contributed by atoms with Crippen LogP contribution < -0.4 is 10.1 Å². The molecular weight excluding hydrogens is 408 g/mol. The number of fused-ring (bicyclic) bond motifs is 1. The maximum Gasteiger partial charge on any atom is 0.256 e. The average Bonchev–Trinajstić information content (AvgIpc) is 3.36. The fraction of sp³-hybridized carbons (Fsp3) is 0. The third-order valence-electron chi connectivity index (χ3n) is 4.62. The average molecular weight is 424 g/mol. The van der Waals surface area contributed by atoms with Gasteiger partial charge in [0.1, 0.15) is 5.75 Å². The fourth-order valence-corrected chi connectivity index (χ4v) is 3.71. The molecule has 0 atom stereocenters. The van der Waals surface area contributed by atoms with Gasteiger partial charge in [-0.05, 0) is 60.0 Å². The molecule has 0 aliphatic rings. The molecule has 1 amide bonds. The third-order valence-corrected chi connectivity index (χ3v) is 5.30. The number of nitrogens with zero attached hydrogens (tertiary/aromatic N) is 3. The number of anilines is 1. The van der Waals surface area contributed by atoms with Crippen LogP contribution in [-0.2, 0) is 0 Å². The topological polar surface area (TPSA) is 77.0 Å². The van der Waals surface area contributed by atoms with Crippen LogP contribution in [0.3, 0.4) is 0 Å². The van der Waals surface area contributed by atoms with Gasteiger partial charge in [0.05, 0.1) is 16.5 Å². The second kappa shape index (κ2) is 8.33. The quantitative estimate of drug-likeness (QED) is 0.386. The first-order valence-electron chi connectivity index (χ1n) is 9.55. The lowest BCUT2D eigenvalue weighted by atomic mass is 10.2. The Labute approximate surface area is 182 Å². The molecule has 3 heterocycles. The molecule has 0 aliphatic heterocycles. The highest BCUT2D eigenvalue weighted by atomic mass is 32.1. The zero-order valence-electron chi connectivity index (χ0n) is 16.2. The minimum atomic E-state index is -0.140. The Balaban J connectivity index is 1.43. The van der Waals surface area contributed by atoms with E-state index in [0.29, 0.717) is 28.7 Å². The van der Waals surface area contributed by atoms with Crippen LogP contribution in [0.4, 0.5) is 5.69 Å². The number of amides is 1. The lowest BCUT2D eigenvalue weighted by molar-refractivity contribution is 0.102. The van der Waals surface area contributed by atoms with E-state index >= 15 is 0 Å². The number of carbonyl (C=O) groups is 1. The molecule has 0 spiro atoms. The summed E-state index contributed by atoms with van der Waals surface area (Å²) in [5.41, 5.74) is 2.98. The van der Waals surface area contributed by atoms with E-state index in [1.54, 1.807) is 42.7 Å². The molecule has 2 aromatic carbocycles. The lowest BCUT2D eigenvalue weighted by Crippen LogP contribution is -2.10. The zero-order valence-corrected chi connectivity index (χ0v) is 17.0. The van der Waals surface area contributed by atoms with Crippen LogP contribution in [0.1, 0.15) is 10.4 Å². The maximum absolute atomic E-state index is 12.2. The van der Waals surface area contributed by atoms with E-state index in [2.05, 4.69) is 20.3 Å². The van der Waals surface area contributed by atoms with E-state index < -0.39 is 0 Å². The first-order valence-corrected chi connectivity index (χ1v) is 10.5. The van der Waals surface area contributed by atoms with Crippen LogP contribution in [0.25, 0.3) is 22.3 Å². The van der Waals surface area contributed by atoms with Gasteiger partial charge >= 0.3 is 0 Å². The van der Waals surface area contributed by atoms with E-state index in [1.165, 1.54) is 11.3 Å². The van der Waals surface area contributed by atoms with Gasteiger partial charge in [0.25, 0.3) is 5.91 Å². The molecule has 1 N–H and O–H groups in total. The van der Waals surface area contributed by atoms with Gasteiger partial charge in [0, 0.05) is 29.0 Å². The molecule has 0 bridgehead atoms. The maximum atomic E-state index is 12.2.